The van der Waals surface area contributed by atoms with Crippen molar-refractivity contribution in [3.8, 4) is 0 Å². The predicted molar refractivity (Wildman–Crippen MR) is 83.2 cm³/mol. The van der Waals surface area contributed by atoms with Crippen LogP contribution in [0.25, 0.3) is 0 Å². The van der Waals surface area contributed by atoms with Crippen LogP contribution >= 0.6 is 0 Å². The number of anilines is 1. The van der Waals surface area contributed by atoms with Crippen LogP contribution in [0.4, 0.5) is 5.82 Å². The smallest absolute Gasteiger partial charge is 0.134 e. The molecule has 110 valence electrons. The van der Waals surface area contributed by atoms with Crippen molar-refractivity contribution in [2.24, 2.45) is 5.92 Å². The van der Waals surface area contributed by atoms with Gasteiger partial charge in [-0.3, -0.25) is 0 Å². The van der Waals surface area contributed by atoms with Crippen LogP contribution in [0, 0.1) is 5.92 Å². The van der Waals surface area contributed by atoms with Gasteiger partial charge in [0.1, 0.15) is 11.6 Å². The van der Waals surface area contributed by atoms with E-state index in [2.05, 4.69) is 19.2 Å². The van der Waals surface area contributed by atoms with Gasteiger partial charge in [0.25, 0.3) is 0 Å². The second kappa shape index (κ2) is 6.11. The molecule has 0 radical (unpaired) electrons. The lowest BCUT2D eigenvalue weighted by Crippen LogP contribution is -2.19. The third kappa shape index (κ3) is 2.82. The maximum Gasteiger partial charge on any atom is 0.134 e. The summed E-state index contributed by atoms with van der Waals surface area (Å²) in [5, 5.41) is 3.47. The number of nitrogens with zero attached hydrogens (tertiary/aromatic N) is 2. The van der Waals surface area contributed by atoms with Crippen molar-refractivity contribution < 1.29 is 0 Å². The van der Waals surface area contributed by atoms with E-state index in [4.69, 9.17) is 9.97 Å². The molecule has 1 fully saturated rings. The lowest BCUT2D eigenvalue weighted by atomic mass is 9.82. The van der Waals surface area contributed by atoms with E-state index in [-0.39, 0.29) is 0 Å². The van der Waals surface area contributed by atoms with Gasteiger partial charge in [0.15, 0.2) is 0 Å². The molecular formula is C17H27N3. The highest BCUT2D eigenvalue weighted by Crippen LogP contribution is 2.36. The molecule has 0 unspecified atom stereocenters. The molecule has 1 aromatic heterocycles. The predicted octanol–water partition coefficient (Wildman–Crippen LogP) is 4.08. The molecular weight excluding hydrogens is 246 g/mol. The minimum absolute atomic E-state index is 0.593. The Morgan fingerprint density at radius 2 is 1.80 bits per heavy atom. The van der Waals surface area contributed by atoms with Gasteiger partial charge in [-0.15, -0.1) is 0 Å². The lowest BCUT2D eigenvalue weighted by molar-refractivity contribution is 0.339. The Labute approximate surface area is 122 Å². The second-order valence-corrected chi connectivity index (χ2v) is 6.55. The Hall–Kier alpha value is -1.12. The Balaban J connectivity index is 1.89. The molecule has 3 nitrogen and oxygen atoms in total. The molecule has 0 aromatic carbocycles. The summed E-state index contributed by atoms with van der Waals surface area (Å²) in [6.07, 6.45) is 10.1. The van der Waals surface area contributed by atoms with Crippen LogP contribution in [0.2, 0.25) is 0 Å². The van der Waals surface area contributed by atoms with Gasteiger partial charge in [-0.1, -0.05) is 19.8 Å². The van der Waals surface area contributed by atoms with Crippen molar-refractivity contribution in [3.05, 3.63) is 17.1 Å². The molecule has 0 aliphatic heterocycles. The molecule has 2 aliphatic rings. The van der Waals surface area contributed by atoms with Gasteiger partial charge < -0.3 is 5.32 Å². The number of fused-ring (bicyclic) bond motifs is 1. The second-order valence-electron chi connectivity index (χ2n) is 6.55. The summed E-state index contributed by atoms with van der Waals surface area (Å²) in [7, 11) is 0. The largest absolute Gasteiger partial charge is 0.370 e. The first kappa shape index (κ1) is 13.8. The summed E-state index contributed by atoms with van der Waals surface area (Å²) < 4.78 is 0. The molecule has 1 saturated carbocycles. The summed E-state index contributed by atoms with van der Waals surface area (Å²) in [6, 6.07) is 0. The number of rotatable bonds is 3. The number of nitrogens with one attached hydrogen (secondary N) is 1. The molecule has 0 bridgehead atoms. The Bertz CT molecular complexity index is 462. The van der Waals surface area contributed by atoms with E-state index in [1.165, 1.54) is 49.8 Å². The fourth-order valence-electron chi connectivity index (χ4n) is 3.63. The lowest BCUT2D eigenvalue weighted by Gasteiger charge is -2.27. The van der Waals surface area contributed by atoms with Gasteiger partial charge in [-0.05, 0) is 51.4 Å². The zero-order chi connectivity index (χ0) is 13.9. The quantitative estimate of drug-likeness (QED) is 0.901. The summed E-state index contributed by atoms with van der Waals surface area (Å²) >= 11 is 0. The van der Waals surface area contributed by atoms with E-state index in [1.807, 2.05) is 0 Å². The molecule has 0 spiro atoms. The highest BCUT2D eigenvalue weighted by molar-refractivity contribution is 5.48. The highest BCUT2D eigenvalue weighted by atomic mass is 15.0. The van der Waals surface area contributed by atoms with E-state index in [9.17, 15) is 0 Å². The van der Waals surface area contributed by atoms with E-state index in [0.29, 0.717) is 5.92 Å². The van der Waals surface area contributed by atoms with Crippen molar-refractivity contribution in [1.29, 1.82) is 0 Å². The average molecular weight is 273 g/mol. The first-order valence-corrected chi connectivity index (χ1v) is 8.41. The van der Waals surface area contributed by atoms with Crippen LogP contribution in [0.15, 0.2) is 0 Å². The van der Waals surface area contributed by atoms with Gasteiger partial charge in [0, 0.05) is 23.7 Å². The van der Waals surface area contributed by atoms with E-state index in [0.717, 1.165) is 36.9 Å². The third-order valence-corrected chi connectivity index (χ3v) is 4.93. The van der Waals surface area contributed by atoms with Crippen LogP contribution in [-0.4, -0.2) is 16.5 Å². The van der Waals surface area contributed by atoms with E-state index in [1.54, 1.807) is 0 Å². The Kier molecular flexibility index (Phi) is 4.23. The van der Waals surface area contributed by atoms with Crippen LogP contribution in [0.1, 0.15) is 75.4 Å². The van der Waals surface area contributed by atoms with Crippen LogP contribution < -0.4 is 5.32 Å². The van der Waals surface area contributed by atoms with Crippen molar-refractivity contribution in [2.75, 3.05) is 11.9 Å². The summed E-state index contributed by atoms with van der Waals surface area (Å²) in [6.45, 7) is 5.47. The molecule has 0 atom stereocenters. The van der Waals surface area contributed by atoms with Crippen molar-refractivity contribution in [1.82, 2.24) is 9.97 Å². The molecule has 0 saturated heterocycles. The van der Waals surface area contributed by atoms with Gasteiger partial charge in [-0.2, -0.15) is 0 Å². The molecule has 20 heavy (non-hydrogen) atoms. The van der Waals surface area contributed by atoms with Gasteiger partial charge in [-0.25, -0.2) is 9.97 Å². The Morgan fingerprint density at radius 1 is 1.05 bits per heavy atom. The zero-order valence-electron chi connectivity index (χ0n) is 12.9. The summed E-state index contributed by atoms with van der Waals surface area (Å²) in [5.41, 5.74) is 2.72. The number of hydrogen-bond acceptors (Lipinski definition) is 3. The fourth-order valence-corrected chi connectivity index (χ4v) is 3.63. The minimum atomic E-state index is 0.593. The standard InChI is InChI=1S/C17H27N3/c1-3-18-17-14-6-4-5-7-15(14)19-16(20-17)13-10-8-12(2)9-11-13/h12-13H,3-11H2,1-2H3,(H,18,19,20). The first-order chi connectivity index (χ1) is 9.78. The minimum Gasteiger partial charge on any atom is -0.370 e. The normalized spacial score (nSPS) is 26.1. The number of aromatic nitrogens is 2. The van der Waals surface area contributed by atoms with Crippen molar-refractivity contribution in [2.45, 2.75) is 71.1 Å². The van der Waals surface area contributed by atoms with Crippen LogP contribution in [0.5, 0.6) is 0 Å². The fraction of sp³-hybridized carbons (Fsp3) is 0.765. The van der Waals surface area contributed by atoms with E-state index < -0.39 is 0 Å². The molecule has 1 heterocycles. The molecule has 1 N–H and O–H groups in total. The van der Waals surface area contributed by atoms with Crippen molar-refractivity contribution in [3.63, 3.8) is 0 Å². The summed E-state index contributed by atoms with van der Waals surface area (Å²) in [5.74, 6) is 3.73. The van der Waals surface area contributed by atoms with Crippen molar-refractivity contribution >= 4 is 5.82 Å². The Morgan fingerprint density at radius 3 is 2.55 bits per heavy atom. The maximum atomic E-state index is 4.95. The van der Waals surface area contributed by atoms with Gasteiger partial charge >= 0.3 is 0 Å². The van der Waals surface area contributed by atoms with Crippen LogP contribution in [0.3, 0.4) is 0 Å². The van der Waals surface area contributed by atoms with Crippen LogP contribution in [-0.2, 0) is 12.8 Å². The third-order valence-electron chi connectivity index (χ3n) is 4.93. The van der Waals surface area contributed by atoms with E-state index >= 15 is 0 Å². The molecule has 3 heteroatoms. The molecule has 1 aromatic rings. The molecule has 0 amide bonds. The number of aryl methyl sites for hydroxylation is 1. The maximum absolute atomic E-state index is 4.95. The van der Waals surface area contributed by atoms with Gasteiger partial charge in [0.2, 0.25) is 0 Å². The summed E-state index contributed by atoms with van der Waals surface area (Å²) in [4.78, 5) is 9.86. The zero-order valence-corrected chi connectivity index (χ0v) is 12.9. The SMILES string of the molecule is CCNc1nc(C2CCC(C)CC2)nc2c1CCCC2. The highest BCUT2D eigenvalue weighted by Gasteiger charge is 2.25. The molecule has 3 rings (SSSR count). The topological polar surface area (TPSA) is 37.8 Å². The van der Waals surface area contributed by atoms with Gasteiger partial charge in [0.05, 0.1) is 0 Å². The number of hydrogen-bond donors (Lipinski definition) is 1. The average Bonchev–Trinajstić information content (AvgIpc) is 2.48. The first-order valence-electron chi connectivity index (χ1n) is 8.41. The monoisotopic (exact) mass is 273 g/mol. The molecule has 2 aliphatic carbocycles.